The molecule has 0 aromatic carbocycles. The molecule has 0 saturated heterocycles. The van der Waals surface area contributed by atoms with Gasteiger partial charge in [0, 0.05) is 14.1 Å². The first kappa shape index (κ1) is 16.4. The van der Waals surface area contributed by atoms with Gasteiger partial charge < -0.3 is 15.3 Å². The van der Waals surface area contributed by atoms with Gasteiger partial charge >= 0.3 is 5.97 Å². The summed E-state index contributed by atoms with van der Waals surface area (Å²) in [5, 5.41) is 11.2. The molecule has 0 fully saturated rings. The molecule has 0 heterocycles. The molecule has 2 atom stereocenters. The Morgan fingerprint density at radius 1 is 1.17 bits per heavy atom. The summed E-state index contributed by atoms with van der Waals surface area (Å²) in [7, 11) is 3.20. The molecule has 104 valence electrons. The van der Waals surface area contributed by atoms with Gasteiger partial charge in [-0.25, -0.2) is 0 Å². The minimum absolute atomic E-state index is 0.222. The predicted molar refractivity (Wildman–Crippen MR) is 66.9 cm³/mol. The van der Waals surface area contributed by atoms with Crippen LogP contribution >= 0.6 is 0 Å². The van der Waals surface area contributed by atoms with Gasteiger partial charge in [0.2, 0.25) is 11.8 Å². The zero-order valence-electron chi connectivity index (χ0n) is 11.6. The lowest BCUT2D eigenvalue weighted by molar-refractivity contribution is -0.147. The molecule has 0 spiro atoms. The van der Waals surface area contributed by atoms with Crippen LogP contribution in [-0.4, -0.2) is 47.9 Å². The molecular weight excluding hydrogens is 236 g/mol. The predicted octanol–water partition coefficient (Wildman–Crippen LogP) is 0.326. The molecule has 0 rings (SSSR count). The molecule has 0 radical (unpaired) electrons. The standard InChI is InChI=1S/C12H22N2O4/c1-7(2)6-9(11(16)14(4)5)13-10(15)8(3)12(17)18/h7-9H,6H2,1-5H3,(H,13,15)(H,17,18). The Bertz CT molecular complexity index is 326. The third-order valence-electron chi connectivity index (χ3n) is 2.53. The van der Waals surface area contributed by atoms with E-state index in [0.29, 0.717) is 6.42 Å². The molecule has 2 amide bonds. The summed E-state index contributed by atoms with van der Waals surface area (Å²) in [6.45, 7) is 5.16. The Morgan fingerprint density at radius 3 is 2.00 bits per heavy atom. The monoisotopic (exact) mass is 258 g/mol. The largest absolute Gasteiger partial charge is 0.481 e. The van der Waals surface area contributed by atoms with Crippen LogP contribution in [0.15, 0.2) is 0 Å². The summed E-state index contributed by atoms with van der Waals surface area (Å²) in [6.07, 6.45) is 0.481. The van der Waals surface area contributed by atoms with Crippen molar-refractivity contribution in [1.82, 2.24) is 10.2 Å². The van der Waals surface area contributed by atoms with E-state index in [1.165, 1.54) is 11.8 Å². The zero-order valence-corrected chi connectivity index (χ0v) is 11.6. The van der Waals surface area contributed by atoms with E-state index in [2.05, 4.69) is 5.32 Å². The van der Waals surface area contributed by atoms with Crippen LogP contribution in [0.5, 0.6) is 0 Å². The van der Waals surface area contributed by atoms with Gasteiger partial charge in [0.1, 0.15) is 12.0 Å². The van der Waals surface area contributed by atoms with Gasteiger partial charge in [0.15, 0.2) is 0 Å². The van der Waals surface area contributed by atoms with E-state index in [4.69, 9.17) is 5.11 Å². The fourth-order valence-electron chi connectivity index (χ4n) is 1.41. The van der Waals surface area contributed by atoms with Crippen molar-refractivity contribution in [2.75, 3.05) is 14.1 Å². The van der Waals surface area contributed by atoms with E-state index < -0.39 is 23.8 Å². The van der Waals surface area contributed by atoms with E-state index in [1.54, 1.807) is 14.1 Å². The number of nitrogens with one attached hydrogen (secondary N) is 1. The number of carboxylic acid groups (broad SMARTS) is 1. The Balaban J connectivity index is 4.74. The van der Waals surface area contributed by atoms with Crippen LogP contribution < -0.4 is 5.32 Å². The molecule has 0 aromatic heterocycles. The zero-order chi connectivity index (χ0) is 14.5. The molecule has 2 N–H and O–H groups in total. The number of likely N-dealkylation sites (N-methyl/N-ethyl adjacent to an activating group) is 1. The maximum Gasteiger partial charge on any atom is 0.315 e. The second-order valence-corrected chi connectivity index (χ2v) is 4.98. The normalized spacial score (nSPS) is 13.9. The van der Waals surface area contributed by atoms with Gasteiger partial charge in [-0.3, -0.25) is 14.4 Å². The van der Waals surface area contributed by atoms with Crippen LogP contribution in [-0.2, 0) is 14.4 Å². The molecule has 6 nitrogen and oxygen atoms in total. The molecule has 0 aliphatic carbocycles. The lowest BCUT2D eigenvalue weighted by Crippen LogP contribution is -2.49. The van der Waals surface area contributed by atoms with E-state index >= 15 is 0 Å². The highest BCUT2D eigenvalue weighted by Gasteiger charge is 2.28. The second-order valence-electron chi connectivity index (χ2n) is 4.98. The first-order valence-corrected chi connectivity index (χ1v) is 5.91. The summed E-state index contributed by atoms with van der Waals surface area (Å²) in [5.41, 5.74) is 0. The van der Waals surface area contributed by atoms with Crippen LogP contribution in [0, 0.1) is 11.8 Å². The van der Waals surface area contributed by atoms with Gasteiger partial charge in [-0.2, -0.15) is 0 Å². The first-order chi connectivity index (χ1) is 8.16. The van der Waals surface area contributed by atoms with Crippen molar-refractivity contribution in [2.45, 2.75) is 33.2 Å². The van der Waals surface area contributed by atoms with Gasteiger partial charge in [0.25, 0.3) is 0 Å². The van der Waals surface area contributed by atoms with Crippen molar-refractivity contribution in [3.8, 4) is 0 Å². The smallest absolute Gasteiger partial charge is 0.315 e. The molecule has 2 unspecified atom stereocenters. The molecular formula is C12H22N2O4. The Kier molecular flexibility index (Phi) is 6.36. The first-order valence-electron chi connectivity index (χ1n) is 5.91. The third-order valence-corrected chi connectivity index (χ3v) is 2.53. The summed E-state index contributed by atoms with van der Waals surface area (Å²) >= 11 is 0. The van der Waals surface area contributed by atoms with Crippen molar-refractivity contribution in [3.05, 3.63) is 0 Å². The van der Waals surface area contributed by atoms with Crippen molar-refractivity contribution in [2.24, 2.45) is 11.8 Å². The number of amides is 2. The number of rotatable bonds is 6. The summed E-state index contributed by atoms with van der Waals surface area (Å²) in [6, 6.07) is -0.672. The van der Waals surface area contributed by atoms with E-state index in [9.17, 15) is 14.4 Å². The number of aliphatic carboxylic acids is 1. The fourth-order valence-corrected chi connectivity index (χ4v) is 1.41. The third kappa shape index (κ3) is 5.16. The van der Waals surface area contributed by atoms with E-state index in [0.717, 1.165) is 0 Å². The summed E-state index contributed by atoms with van der Waals surface area (Å²) in [4.78, 5) is 35.6. The van der Waals surface area contributed by atoms with Crippen molar-refractivity contribution in [1.29, 1.82) is 0 Å². The molecule has 18 heavy (non-hydrogen) atoms. The average molecular weight is 258 g/mol. The highest BCUT2D eigenvalue weighted by atomic mass is 16.4. The van der Waals surface area contributed by atoms with Crippen molar-refractivity contribution >= 4 is 17.8 Å². The SMILES string of the molecule is CC(C)CC(NC(=O)C(C)C(=O)O)C(=O)N(C)C. The highest BCUT2D eigenvalue weighted by Crippen LogP contribution is 2.08. The van der Waals surface area contributed by atoms with E-state index in [1.807, 2.05) is 13.8 Å². The molecule has 0 saturated carbocycles. The second kappa shape index (κ2) is 6.98. The van der Waals surface area contributed by atoms with Gasteiger partial charge in [0.05, 0.1) is 0 Å². The van der Waals surface area contributed by atoms with Crippen molar-refractivity contribution in [3.63, 3.8) is 0 Å². The van der Waals surface area contributed by atoms with E-state index in [-0.39, 0.29) is 11.8 Å². The maximum absolute atomic E-state index is 11.9. The summed E-state index contributed by atoms with van der Waals surface area (Å²) < 4.78 is 0. The van der Waals surface area contributed by atoms with Crippen LogP contribution in [0.2, 0.25) is 0 Å². The van der Waals surface area contributed by atoms with Crippen LogP contribution in [0.4, 0.5) is 0 Å². The van der Waals surface area contributed by atoms with Crippen LogP contribution in [0.3, 0.4) is 0 Å². The topological polar surface area (TPSA) is 86.7 Å². The molecule has 0 bridgehead atoms. The highest BCUT2D eigenvalue weighted by molar-refractivity contribution is 5.98. The van der Waals surface area contributed by atoms with Gasteiger partial charge in [-0.15, -0.1) is 0 Å². The maximum atomic E-state index is 11.9. The van der Waals surface area contributed by atoms with Gasteiger partial charge in [-0.05, 0) is 19.3 Å². The minimum atomic E-state index is -1.20. The Hall–Kier alpha value is -1.59. The quantitative estimate of drug-likeness (QED) is 0.672. The Morgan fingerprint density at radius 2 is 1.67 bits per heavy atom. The van der Waals surface area contributed by atoms with Gasteiger partial charge in [-0.1, -0.05) is 13.8 Å². The van der Waals surface area contributed by atoms with Crippen LogP contribution in [0.25, 0.3) is 0 Å². The average Bonchev–Trinajstić information content (AvgIpc) is 2.24. The lowest BCUT2D eigenvalue weighted by Gasteiger charge is -2.23. The van der Waals surface area contributed by atoms with Crippen LogP contribution in [0.1, 0.15) is 27.2 Å². The number of hydrogen-bond donors (Lipinski definition) is 2. The number of hydrogen-bond acceptors (Lipinski definition) is 3. The number of carbonyl (C=O) groups is 3. The lowest BCUT2D eigenvalue weighted by atomic mass is 10.0. The number of nitrogens with zero attached hydrogens (tertiary/aromatic N) is 1. The summed E-state index contributed by atoms with van der Waals surface area (Å²) in [5.74, 6) is -3.00. The molecule has 0 aliphatic rings. The minimum Gasteiger partial charge on any atom is -0.481 e. The molecule has 0 aliphatic heterocycles. The molecule has 6 heteroatoms. The Labute approximate surface area is 107 Å². The number of carbonyl (C=O) groups excluding carboxylic acids is 2. The fraction of sp³-hybridized carbons (Fsp3) is 0.750. The molecule has 0 aromatic rings. The van der Waals surface area contributed by atoms with Crippen molar-refractivity contribution < 1.29 is 19.5 Å². The number of carboxylic acids is 1.